The lowest BCUT2D eigenvalue weighted by atomic mass is 9.96. The van der Waals surface area contributed by atoms with Crippen molar-refractivity contribution in [3.05, 3.63) is 72.0 Å². The molecule has 0 bridgehead atoms. The second kappa shape index (κ2) is 5.88. The number of carbonyl (C=O) groups is 1. The number of hydrogen-bond acceptors (Lipinski definition) is 1. The lowest BCUT2D eigenvalue weighted by Crippen LogP contribution is -2.24. The summed E-state index contributed by atoms with van der Waals surface area (Å²) in [7, 11) is 0. The highest BCUT2D eigenvalue weighted by Gasteiger charge is 2.11. The van der Waals surface area contributed by atoms with Crippen LogP contribution in [-0.2, 0) is 0 Å². The molecule has 3 rings (SSSR count). The van der Waals surface area contributed by atoms with Crippen LogP contribution in [0.2, 0.25) is 0 Å². The Morgan fingerprint density at radius 1 is 0.913 bits per heavy atom. The molecule has 0 aliphatic carbocycles. The van der Waals surface area contributed by atoms with E-state index in [2.05, 4.69) is 4.99 Å². The molecule has 4 N–H and O–H groups in total. The standard InChI is InChI=1S/C18H14FN3O/c19-16-7-2-1-5-14(16)13-6-3-4-11-8-9-12(10-15(11)13)17(23)22-18(20)21/h1-10H,(H4,20,21,22,23). The van der Waals surface area contributed by atoms with Gasteiger partial charge in [-0.1, -0.05) is 42.5 Å². The number of carbonyl (C=O) groups excluding carboxylic acids is 1. The van der Waals surface area contributed by atoms with Gasteiger partial charge in [0, 0.05) is 11.1 Å². The Kier molecular flexibility index (Phi) is 3.76. The largest absolute Gasteiger partial charge is 0.370 e. The van der Waals surface area contributed by atoms with E-state index in [-0.39, 0.29) is 11.8 Å². The molecule has 0 saturated heterocycles. The Balaban J connectivity index is 2.22. The van der Waals surface area contributed by atoms with Crippen LogP contribution in [0.5, 0.6) is 0 Å². The topological polar surface area (TPSA) is 81.5 Å². The van der Waals surface area contributed by atoms with Gasteiger partial charge in [-0.25, -0.2) is 4.39 Å². The molecule has 114 valence electrons. The maximum absolute atomic E-state index is 14.1. The maximum atomic E-state index is 14.1. The number of nitrogens with zero attached hydrogens (tertiary/aromatic N) is 1. The van der Waals surface area contributed by atoms with E-state index in [0.717, 1.165) is 10.8 Å². The molecule has 0 spiro atoms. The van der Waals surface area contributed by atoms with Crippen LogP contribution >= 0.6 is 0 Å². The van der Waals surface area contributed by atoms with E-state index in [1.165, 1.54) is 6.07 Å². The van der Waals surface area contributed by atoms with E-state index in [9.17, 15) is 9.18 Å². The summed E-state index contributed by atoms with van der Waals surface area (Å²) in [5, 5.41) is 1.65. The summed E-state index contributed by atoms with van der Waals surface area (Å²) in [5.41, 5.74) is 12.0. The van der Waals surface area contributed by atoms with Gasteiger partial charge >= 0.3 is 0 Å². The highest BCUT2D eigenvalue weighted by atomic mass is 19.1. The highest BCUT2D eigenvalue weighted by Crippen LogP contribution is 2.31. The average molecular weight is 307 g/mol. The molecule has 4 nitrogen and oxygen atoms in total. The second-order valence-corrected chi connectivity index (χ2v) is 5.06. The third kappa shape index (κ3) is 2.89. The average Bonchev–Trinajstić information content (AvgIpc) is 2.54. The fourth-order valence-corrected chi connectivity index (χ4v) is 2.50. The summed E-state index contributed by atoms with van der Waals surface area (Å²) in [6.07, 6.45) is 0. The minimum atomic E-state index is -0.532. The van der Waals surface area contributed by atoms with Crippen molar-refractivity contribution in [3.63, 3.8) is 0 Å². The Morgan fingerprint density at radius 2 is 1.65 bits per heavy atom. The molecule has 0 unspecified atom stereocenters. The number of rotatable bonds is 2. The third-order valence-corrected chi connectivity index (χ3v) is 3.52. The second-order valence-electron chi connectivity index (χ2n) is 5.06. The quantitative estimate of drug-likeness (QED) is 0.564. The number of hydrogen-bond donors (Lipinski definition) is 2. The predicted molar refractivity (Wildman–Crippen MR) is 89.5 cm³/mol. The van der Waals surface area contributed by atoms with Crippen molar-refractivity contribution in [2.45, 2.75) is 0 Å². The van der Waals surface area contributed by atoms with Gasteiger partial charge in [-0.15, -0.1) is 0 Å². The van der Waals surface area contributed by atoms with Crippen LogP contribution in [0.1, 0.15) is 10.4 Å². The summed E-state index contributed by atoms with van der Waals surface area (Å²) in [5.74, 6) is -1.14. The summed E-state index contributed by atoms with van der Waals surface area (Å²) >= 11 is 0. The molecule has 0 radical (unpaired) electrons. The molecular weight excluding hydrogens is 293 g/mol. The molecule has 0 aliphatic heterocycles. The minimum Gasteiger partial charge on any atom is -0.370 e. The normalized spacial score (nSPS) is 10.5. The zero-order valence-corrected chi connectivity index (χ0v) is 12.2. The van der Waals surface area contributed by atoms with Crippen molar-refractivity contribution < 1.29 is 9.18 Å². The van der Waals surface area contributed by atoms with Gasteiger partial charge in [0.05, 0.1) is 0 Å². The maximum Gasteiger partial charge on any atom is 0.280 e. The van der Waals surface area contributed by atoms with E-state index in [1.807, 2.05) is 18.2 Å². The molecule has 0 saturated carbocycles. The number of halogens is 1. The fourth-order valence-electron chi connectivity index (χ4n) is 2.50. The van der Waals surface area contributed by atoms with Gasteiger partial charge in [0.1, 0.15) is 5.82 Å². The zero-order valence-electron chi connectivity index (χ0n) is 12.2. The SMILES string of the molecule is NC(N)=NC(=O)c1ccc2cccc(-c3ccccc3F)c2c1. The summed E-state index contributed by atoms with van der Waals surface area (Å²) in [6, 6.07) is 17.2. The molecule has 1 amide bonds. The summed E-state index contributed by atoms with van der Waals surface area (Å²) < 4.78 is 14.1. The van der Waals surface area contributed by atoms with Crippen LogP contribution in [0, 0.1) is 5.82 Å². The van der Waals surface area contributed by atoms with Crippen molar-refractivity contribution in [1.29, 1.82) is 0 Å². The van der Waals surface area contributed by atoms with Crippen LogP contribution in [0.3, 0.4) is 0 Å². The number of benzene rings is 3. The zero-order chi connectivity index (χ0) is 16.4. The Bertz CT molecular complexity index is 930. The first-order chi connectivity index (χ1) is 11.1. The Hall–Kier alpha value is -3.21. The molecule has 0 heterocycles. The van der Waals surface area contributed by atoms with Gasteiger partial charge < -0.3 is 11.5 Å². The number of guanidine groups is 1. The van der Waals surface area contributed by atoms with E-state index >= 15 is 0 Å². The molecule has 0 aromatic heterocycles. The van der Waals surface area contributed by atoms with Gasteiger partial charge in [-0.2, -0.15) is 4.99 Å². The van der Waals surface area contributed by atoms with Crippen LogP contribution < -0.4 is 11.5 Å². The predicted octanol–water partition coefficient (Wildman–Crippen LogP) is 3.06. The fraction of sp³-hybridized carbons (Fsp3) is 0. The van der Waals surface area contributed by atoms with E-state index < -0.39 is 5.91 Å². The number of aliphatic imine (C=N–C) groups is 1. The number of fused-ring (bicyclic) bond motifs is 1. The van der Waals surface area contributed by atoms with Gasteiger partial charge in [-0.3, -0.25) is 4.79 Å². The van der Waals surface area contributed by atoms with E-state index in [1.54, 1.807) is 36.4 Å². The van der Waals surface area contributed by atoms with E-state index in [0.29, 0.717) is 16.7 Å². The van der Waals surface area contributed by atoms with Crippen molar-refractivity contribution in [2.24, 2.45) is 16.5 Å². The monoisotopic (exact) mass is 307 g/mol. The van der Waals surface area contributed by atoms with Crippen LogP contribution in [-0.4, -0.2) is 11.9 Å². The molecule has 0 aliphatic rings. The Morgan fingerprint density at radius 3 is 2.39 bits per heavy atom. The van der Waals surface area contributed by atoms with Crippen molar-refractivity contribution in [3.8, 4) is 11.1 Å². The molecule has 0 fully saturated rings. The molecular formula is C18H14FN3O. The van der Waals surface area contributed by atoms with Crippen molar-refractivity contribution in [1.82, 2.24) is 0 Å². The molecule has 5 heteroatoms. The number of nitrogens with two attached hydrogens (primary N) is 2. The van der Waals surface area contributed by atoms with Gasteiger partial charge in [0.15, 0.2) is 5.96 Å². The van der Waals surface area contributed by atoms with Crippen LogP contribution in [0.4, 0.5) is 4.39 Å². The first-order valence-electron chi connectivity index (χ1n) is 6.98. The van der Waals surface area contributed by atoms with Gasteiger partial charge in [0.25, 0.3) is 5.91 Å². The lowest BCUT2D eigenvalue weighted by Gasteiger charge is -2.09. The van der Waals surface area contributed by atoms with Crippen LogP contribution in [0.25, 0.3) is 21.9 Å². The third-order valence-electron chi connectivity index (χ3n) is 3.52. The van der Waals surface area contributed by atoms with E-state index in [4.69, 9.17) is 11.5 Å². The molecule has 23 heavy (non-hydrogen) atoms. The minimum absolute atomic E-state index is 0.294. The Labute approximate surface area is 132 Å². The lowest BCUT2D eigenvalue weighted by molar-refractivity contribution is 0.100. The van der Waals surface area contributed by atoms with Crippen LogP contribution in [0.15, 0.2) is 65.7 Å². The van der Waals surface area contributed by atoms with Gasteiger partial charge in [-0.05, 0) is 34.5 Å². The number of amides is 1. The molecule has 3 aromatic carbocycles. The smallest absolute Gasteiger partial charge is 0.280 e. The van der Waals surface area contributed by atoms with Gasteiger partial charge in [0.2, 0.25) is 0 Å². The molecule has 0 atom stereocenters. The first kappa shape index (κ1) is 14.7. The summed E-state index contributed by atoms with van der Waals surface area (Å²) in [6.45, 7) is 0. The summed E-state index contributed by atoms with van der Waals surface area (Å²) in [4.78, 5) is 15.5. The molecule has 3 aromatic rings. The van der Waals surface area contributed by atoms with Crippen molar-refractivity contribution >= 4 is 22.6 Å². The highest BCUT2D eigenvalue weighted by molar-refractivity contribution is 6.06. The van der Waals surface area contributed by atoms with Crippen molar-refractivity contribution in [2.75, 3.05) is 0 Å². The first-order valence-corrected chi connectivity index (χ1v) is 6.98.